The minimum absolute atomic E-state index is 0.0152. The summed E-state index contributed by atoms with van der Waals surface area (Å²) in [5.41, 5.74) is 1.79. The van der Waals surface area contributed by atoms with Gasteiger partial charge in [0.25, 0.3) is 0 Å². The highest BCUT2D eigenvalue weighted by Crippen LogP contribution is 2.12. The number of hydrogen-bond acceptors (Lipinski definition) is 5. The van der Waals surface area contributed by atoms with Crippen molar-refractivity contribution < 1.29 is 19.1 Å². The normalized spacial score (nSPS) is 9.64. The molecule has 0 aliphatic heterocycles. The van der Waals surface area contributed by atoms with Gasteiger partial charge >= 0.3 is 11.9 Å². The van der Waals surface area contributed by atoms with Crippen LogP contribution in [0.2, 0.25) is 0 Å². The van der Waals surface area contributed by atoms with Crippen molar-refractivity contribution in [3.63, 3.8) is 0 Å². The number of carbonyl (C=O) groups is 2. The first-order valence-electron chi connectivity index (χ1n) is 6.49. The van der Waals surface area contributed by atoms with Gasteiger partial charge < -0.3 is 9.47 Å². The van der Waals surface area contributed by atoms with E-state index in [1.807, 2.05) is 6.07 Å². The van der Waals surface area contributed by atoms with E-state index >= 15 is 0 Å². The summed E-state index contributed by atoms with van der Waals surface area (Å²) in [5, 5.41) is 8.97. The van der Waals surface area contributed by atoms with Crippen LogP contribution in [0.5, 0.6) is 0 Å². The summed E-state index contributed by atoms with van der Waals surface area (Å²) in [6.07, 6.45) is 0. The second kappa shape index (κ2) is 7.04. The molecule has 0 bridgehead atoms. The molecule has 5 heteroatoms. The Bertz CT molecular complexity index is 729. The summed E-state index contributed by atoms with van der Waals surface area (Å²) in [4.78, 5) is 23.3. The number of nitriles is 1. The lowest BCUT2D eigenvalue weighted by Crippen LogP contribution is -2.07. The van der Waals surface area contributed by atoms with Gasteiger partial charge in [-0.05, 0) is 30.3 Å². The molecule has 2 aromatic rings. The maximum atomic E-state index is 11.9. The Kier molecular flexibility index (Phi) is 4.89. The molecule has 0 heterocycles. The van der Waals surface area contributed by atoms with Gasteiger partial charge in [-0.3, -0.25) is 0 Å². The first-order valence-corrected chi connectivity index (χ1v) is 6.49. The SMILES string of the molecule is COC(=O)c1ccc(C(=O)OCc2ccccc2C#N)cc1. The van der Waals surface area contributed by atoms with E-state index in [0.717, 1.165) is 0 Å². The summed E-state index contributed by atoms with van der Waals surface area (Å²) >= 11 is 0. The Balaban J connectivity index is 2.04. The van der Waals surface area contributed by atoms with Gasteiger partial charge in [0.1, 0.15) is 6.61 Å². The van der Waals surface area contributed by atoms with E-state index in [4.69, 9.17) is 10.00 Å². The Morgan fingerprint density at radius 3 is 2.18 bits per heavy atom. The topological polar surface area (TPSA) is 76.4 Å². The monoisotopic (exact) mass is 295 g/mol. The molecule has 0 aromatic heterocycles. The van der Waals surface area contributed by atoms with Crippen LogP contribution in [0.15, 0.2) is 48.5 Å². The minimum Gasteiger partial charge on any atom is -0.465 e. The number of benzene rings is 2. The van der Waals surface area contributed by atoms with E-state index < -0.39 is 11.9 Å². The molecule has 0 fully saturated rings. The molecular formula is C17H13NO4. The van der Waals surface area contributed by atoms with Crippen LogP contribution in [-0.4, -0.2) is 19.0 Å². The van der Waals surface area contributed by atoms with Gasteiger partial charge in [0, 0.05) is 5.56 Å². The highest BCUT2D eigenvalue weighted by atomic mass is 16.5. The largest absolute Gasteiger partial charge is 0.465 e. The van der Waals surface area contributed by atoms with Crippen molar-refractivity contribution in [3.8, 4) is 6.07 Å². The highest BCUT2D eigenvalue weighted by Gasteiger charge is 2.11. The zero-order chi connectivity index (χ0) is 15.9. The number of methoxy groups -OCH3 is 1. The second-order valence-corrected chi connectivity index (χ2v) is 4.41. The Labute approximate surface area is 127 Å². The lowest BCUT2D eigenvalue weighted by Gasteiger charge is -2.07. The van der Waals surface area contributed by atoms with Crippen LogP contribution in [0.1, 0.15) is 31.8 Å². The third kappa shape index (κ3) is 3.49. The van der Waals surface area contributed by atoms with Gasteiger partial charge in [0.05, 0.1) is 29.9 Å². The molecule has 2 aromatic carbocycles. The number of rotatable bonds is 4. The van der Waals surface area contributed by atoms with Gasteiger partial charge in [0.15, 0.2) is 0 Å². The molecule has 0 radical (unpaired) electrons. The molecule has 0 N–H and O–H groups in total. The van der Waals surface area contributed by atoms with Crippen molar-refractivity contribution >= 4 is 11.9 Å². The smallest absolute Gasteiger partial charge is 0.338 e. The molecule has 0 aliphatic rings. The molecule has 2 rings (SSSR count). The maximum Gasteiger partial charge on any atom is 0.338 e. The number of esters is 2. The molecule has 0 saturated heterocycles. The number of hydrogen-bond donors (Lipinski definition) is 0. The lowest BCUT2D eigenvalue weighted by atomic mass is 10.1. The molecule has 5 nitrogen and oxygen atoms in total. The summed E-state index contributed by atoms with van der Waals surface area (Å²) in [6.45, 7) is 0.0152. The van der Waals surface area contributed by atoms with Gasteiger partial charge in [-0.2, -0.15) is 5.26 Å². The Morgan fingerprint density at radius 2 is 1.59 bits per heavy atom. The van der Waals surface area contributed by atoms with Crippen LogP contribution in [0.4, 0.5) is 0 Å². The van der Waals surface area contributed by atoms with Crippen molar-refractivity contribution in [2.75, 3.05) is 7.11 Å². The Hall–Kier alpha value is -3.13. The van der Waals surface area contributed by atoms with Crippen molar-refractivity contribution in [3.05, 3.63) is 70.8 Å². The summed E-state index contributed by atoms with van der Waals surface area (Å²) < 4.78 is 9.76. The van der Waals surface area contributed by atoms with Gasteiger partial charge in [0.2, 0.25) is 0 Å². The molecular weight excluding hydrogens is 282 g/mol. The van der Waals surface area contributed by atoms with E-state index in [1.165, 1.54) is 31.4 Å². The maximum absolute atomic E-state index is 11.9. The van der Waals surface area contributed by atoms with Crippen LogP contribution in [-0.2, 0) is 16.1 Å². The average Bonchev–Trinajstić information content (AvgIpc) is 2.59. The predicted octanol–water partition coefficient (Wildman–Crippen LogP) is 2.70. The summed E-state index contributed by atoms with van der Waals surface area (Å²) in [6, 6.07) is 14.9. The van der Waals surface area contributed by atoms with Crippen molar-refractivity contribution in [1.82, 2.24) is 0 Å². The first-order chi connectivity index (χ1) is 10.7. The lowest BCUT2D eigenvalue weighted by molar-refractivity contribution is 0.0471. The van der Waals surface area contributed by atoms with Crippen molar-refractivity contribution in [2.45, 2.75) is 6.61 Å². The van der Waals surface area contributed by atoms with Crippen molar-refractivity contribution in [2.24, 2.45) is 0 Å². The molecule has 110 valence electrons. The van der Waals surface area contributed by atoms with Crippen LogP contribution in [0.3, 0.4) is 0 Å². The Morgan fingerprint density at radius 1 is 1.00 bits per heavy atom. The van der Waals surface area contributed by atoms with E-state index in [9.17, 15) is 9.59 Å². The molecule has 22 heavy (non-hydrogen) atoms. The predicted molar refractivity (Wildman–Crippen MR) is 78.1 cm³/mol. The molecule has 0 spiro atoms. The molecule has 0 atom stereocenters. The first kappa shape index (κ1) is 15.3. The number of nitrogens with zero attached hydrogens (tertiary/aromatic N) is 1. The fourth-order valence-electron chi connectivity index (χ4n) is 1.84. The van der Waals surface area contributed by atoms with E-state index in [2.05, 4.69) is 4.74 Å². The zero-order valence-electron chi connectivity index (χ0n) is 11.9. The highest BCUT2D eigenvalue weighted by molar-refractivity contribution is 5.93. The average molecular weight is 295 g/mol. The number of carbonyl (C=O) groups excluding carboxylic acids is 2. The van der Waals surface area contributed by atoms with Gasteiger partial charge in [-0.1, -0.05) is 18.2 Å². The van der Waals surface area contributed by atoms with Crippen LogP contribution < -0.4 is 0 Å². The van der Waals surface area contributed by atoms with E-state index in [1.54, 1.807) is 24.3 Å². The molecule has 0 unspecified atom stereocenters. The second-order valence-electron chi connectivity index (χ2n) is 4.41. The van der Waals surface area contributed by atoms with E-state index in [0.29, 0.717) is 22.3 Å². The van der Waals surface area contributed by atoms with Crippen LogP contribution >= 0.6 is 0 Å². The fourth-order valence-corrected chi connectivity index (χ4v) is 1.84. The molecule has 0 amide bonds. The quantitative estimate of drug-likeness (QED) is 0.810. The standard InChI is InChI=1S/C17H13NO4/c1-21-16(19)12-6-8-13(9-7-12)17(20)22-11-15-5-3-2-4-14(15)10-18/h2-9H,11H2,1H3. The van der Waals surface area contributed by atoms with Crippen molar-refractivity contribution in [1.29, 1.82) is 5.26 Å². The van der Waals surface area contributed by atoms with Crippen LogP contribution in [0.25, 0.3) is 0 Å². The number of ether oxygens (including phenoxy) is 2. The molecule has 0 saturated carbocycles. The van der Waals surface area contributed by atoms with Crippen LogP contribution in [0, 0.1) is 11.3 Å². The summed E-state index contributed by atoms with van der Waals surface area (Å²) in [7, 11) is 1.29. The van der Waals surface area contributed by atoms with Gasteiger partial charge in [-0.15, -0.1) is 0 Å². The third-order valence-electron chi connectivity index (χ3n) is 3.04. The van der Waals surface area contributed by atoms with E-state index in [-0.39, 0.29) is 6.61 Å². The molecule has 0 aliphatic carbocycles. The fraction of sp³-hybridized carbons (Fsp3) is 0.118. The van der Waals surface area contributed by atoms with Gasteiger partial charge in [-0.25, -0.2) is 9.59 Å². The minimum atomic E-state index is -0.524. The third-order valence-corrected chi connectivity index (χ3v) is 3.04. The summed E-state index contributed by atoms with van der Waals surface area (Å²) in [5.74, 6) is -0.993. The zero-order valence-corrected chi connectivity index (χ0v) is 11.9.